The van der Waals surface area contributed by atoms with E-state index >= 15 is 0 Å². The lowest BCUT2D eigenvalue weighted by Crippen LogP contribution is -2.27. The second kappa shape index (κ2) is 8.04. The molecular formula is C19H21F3N4O2. The molecule has 0 aliphatic carbocycles. The summed E-state index contributed by atoms with van der Waals surface area (Å²) in [6.45, 7) is 1.47. The summed E-state index contributed by atoms with van der Waals surface area (Å²) in [4.78, 5) is 22.7. The van der Waals surface area contributed by atoms with E-state index < -0.39 is 17.7 Å². The van der Waals surface area contributed by atoms with E-state index in [9.17, 15) is 18.0 Å². The van der Waals surface area contributed by atoms with Crippen LogP contribution in [0.25, 0.3) is 11.3 Å². The van der Waals surface area contributed by atoms with Crippen LogP contribution in [0.4, 0.5) is 24.8 Å². The van der Waals surface area contributed by atoms with E-state index in [0.717, 1.165) is 50.9 Å². The van der Waals surface area contributed by atoms with Gasteiger partial charge in [-0.1, -0.05) is 25.0 Å². The second-order valence-corrected chi connectivity index (χ2v) is 6.60. The van der Waals surface area contributed by atoms with Crippen LogP contribution in [0, 0.1) is 0 Å². The maximum absolute atomic E-state index is 12.9. The van der Waals surface area contributed by atoms with E-state index in [1.165, 1.54) is 19.2 Å². The maximum atomic E-state index is 12.9. The molecule has 2 aromatic rings. The number of hydrogen-bond acceptors (Lipinski definition) is 6. The molecule has 0 unspecified atom stereocenters. The van der Waals surface area contributed by atoms with Crippen LogP contribution in [0.15, 0.2) is 24.3 Å². The number of aromatic nitrogens is 2. The zero-order chi connectivity index (χ0) is 20.3. The summed E-state index contributed by atoms with van der Waals surface area (Å²) in [6.07, 6.45) is -0.319. The predicted octanol–water partition coefficient (Wildman–Crippen LogP) is 3.91. The third-order valence-electron chi connectivity index (χ3n) is 4.67. The number of ether oxygens (including phenoxy) is 1. The first-order valence-electron chi connectivity index (χ1n) is 8.99. The highest BCUT2D eigenvalue weighted by molar-refractivity contribution is 5.93. The van der Waals surface area contributed by atoms with Gasteiger partial charge in [-0.25, -0.2) is 14.8 Å². The number of anilines is 2. The molecule has 0 bridgehead atoms. The first kappa shape index (κ1) is 19.9. The maximum Gasteiger partial charge on any atom is 0.416 e. The summed E-state index contributed by atoms with van der Waals surface area (Å²) in [5.74, 6) is -0.353. The zero-order valence-corrected chi connectivity index (χ0v) is 15.4. The van der Waals surface area contributed by atoms with E-state index in [0.29, 0.717) is 17.1 Å². The highest BCUT2D eigenvalue weighted by atomic mass is 19.4. The second-order valence-electron chi connectivity index (χ2n) is 6.60. The van der Waals surface area contributed by atoms with Crippen LogP contribution in [0.3, 0.4) is 0 Å². The molecule has 3 rings (SSSR count). The molecule has 1 aromatic carbocycles. The molecule has 0 spiro atoms. The number of hydrogen-bond donors (Lipinski definition) is 1. The van der Waals surface area contributed by atoms with Crippen molar-refractivity contribution in [3.05, 3.63) is 35.5 Å². The molecule has 6 nitrogen and oxygen atoms in total. The molecule has 150 valence electrons. The number of carbonyl (C=O) groups excluding carboxylic acids is 1. The van der Waals surface area contributed by atoms with E-state index in [-0.39, 0.29) is 11.5 Å². The van der Waals surface area contributed by atoms with Crippen molar-refractivity contribution >= 4 is 17.6 Å². The summed E-state index contributed by atoms with van der Waals surface area (Å²) in [5.41, 5.74) is 5.74. The highest BCUT2D eigenvalue weighted by Gasteiger charge is 2.30. The Balaban J connectivity index is 2.11. The van der Waals surface area contributed by atoms with Crippen molar-refractivity contribution < 1.29 is 22.7 Å². The van der Waals surface area contributed by atoms with Gasteiger partial charge in [0, 0.05) is 18.7 Å². The molecule has 1 fully saturated rings. The van der Waals surface area contributed by atoms with Gasteiger partial charge in [0.2, 0.25) is 0 Å². The zero-order valence-electron chi connectivity index (χ0n) is 15.4. The topological polar surface area (TPSA) is 81.3 Å². The number of nitrogens with zero attached hydrogens (tertiary/aromatic N) is 3. The van der Waals surface area contributed by atoms with Crippen molar-refractivity contribution in [1.82, 2.24) is 9.97 Å². The third-order valence-corrected chi connectivity index (χ3v) is 4.67. The number of carbonyl (C=O) groups is 1. The van der Waals surface area contributed by atoms with Gasteiger partial charge in [0.1, 0.15) is 5.69 Å². The van der Waals surface area contributed by atoms with Gasteiger partial charge in [-0.15, -0.1) is 0 Å². The molecular weight excluding hydrogens is 373 g/mol. The predicted molar refractivity (Wildman–Crippen MR) is 98.9 cm³/mol. The van der Waals surface area contributed by atoms with E-state index in [1.807, 2.05) is 4.90 Å². The van der Waals surface area contributed by atoms with E-state index in [2.05, 4.69) is 9.97 Å². The van der Waals surface area contributed by atoms with Crippen molar-refractivity contribution in [3.63, 3.8) is 0 Å². The Kier molecular flexibility index (Phi) is 5.71. The lowest BCUT2D eigenvalue weighted by atomic mass is 10.1. The van der Waals surface area contributed by atoms with E-state index in [4.69, 9.17) is 10.5 Å². The molecule has 1 aliphatic rings. The number of nitrogen functional groups attached to an aromatic ring is 1. The fourth-order valence-electron chi connectivity index (χ4n) is 3.20. The molecule has 1 aliphatic heterocycles. The average Bonchev–Trinajstić information content (AvgIpc) is 2.96. The molecule has 0 saturated carbocycles. The van der Waals surface area contributed by atoms with E-state index in [1.54, 1.807) is 0 Å². The molecule has 2 N–H and O–H groups in total. The van der Waals surface area contributed by atoms with Gasteiger partial charge in [-0.3, -0.25) is 0 Å². The quantitative estimate of drug-likeness (QED) is 0.795. The van der Waals surface area contributed by atoms with Gasteiger partial charge in [0.05, 0.1) is 12.7 Å². The average molecular weight is 394 g/mol. The molecule has 0 atom stereocenters. The molecule has 28 heavy (non-hydrogen) atoms. The molecule has 0 radical (unpaired) electrons. The van der Waals surface area contributed by atoms with Crippen LogP contribution < -0.4 is 10.6 Å². The fraction of sp³-hybridized carbons (Fsp3) is 0.421. The molecule has 9 heteroatoms. The lowest BCUT2D eigenvalue weighted by Gasteiger charge is -2.24. The number of benzene rings is 1. The molecule has 0 amide bonds. The number of methoxy groups -OCH3 is 1. The minimum absolute atomic E-state index is 0.0678. The SMILES string of the molecule is COC(=O)c1nc(-c2ccc(C(F)(F)F)cc2)c(N2CCCCCC2)nc1N. The van der Waals surface area contributed by atoms with Crippen molar-refractivity contribution in [2.75, 3.05) is 30.8 Å². The van der Waals surface area contributed by atoms with Gasteiger partial charge in [0.25, 0.3) is 0 Å². The van der Waals surface area contributed by atoms with Crippen LogP contribution >= 0.6 is 0 Å². The normalized spacial score (nSPS) is 15.2. The monoisotopic (exact) mass is 394 g/mol. The van der Waals surface area contributed by atoms with Crippen molar-refractivity contribution in [2.45, 2.75) is 31.9 Å². The van der Waals surface area contributed by atoms with Gasteiger partial charge < -0.3 is 15.4 Å². The number of alkyl halides is 3. The summed E-state index contributed by atoms with van der Waals surface area (Å²) >= 11 is 0. The Morgan fingerprint density at radius 2 is 1.68 bits per heavy atom. The first-order chi connectivity index (χ1) is 13.3. The van der Waals surface area contributed by atoms with Crippen LogP contribution in [-0.4, -0.2) is 36.1 Å². The number of halogens is 3. The van der Waals surface area contributed by atoms with Crippen LogP contribution in [-0.2, 0) is 10.9 Å². The Bertz CT molecular complexity index is 845. The molecule has 1 aromatic heterocycles. The van der Waals surface area contributed by atoms with Gasteiger partial charge in [-0.05, 0) is 25.0 Å². The van der Waals surface area contributed by atoms with Gasteiger partial charge in [-0.2, -0.15) is 13.2 Å². The number of nitrogens with two attached hydrogens (primary N) is 1. The third kappa shape index (κ3) is 4.18. The smallest absolute Gasteiger partial charge is 0.416 e. The Hall–Kier alpha value is -2.84. The largest absolute Gasteiger partial charge is 0.464 e. The summed E-state index contributed by atoms with van der Waals surface area (Å²) in [7, 11) is 1.20. The first-order valence-corrected chi connectivity index (χ1v) is 8.99. The Labute approximate surface area is 160 Å². The summed E-state index contributed by atoms with van der Waals surface area (Å²) < 4.78 is 43.4. The van der Waals surface area contributed by atoms with Crippen LogP contribution in [0.1, 0.15) is 41.7 Å². The summed E-state index contributed by atoms with van der Waals surface area (Å²) in [6, 6.07) is 4.62. The van der Waals surface area contributed by atoms with Crippen molar-refractivity contribution in [3.8, 4) is 11.3 Å². The summed E-state index contributed by atoms with van der Waals surface area (Å²) in [5, 5.41) is 0. The number of rotatable bonds is 3. The van der Waals surface area contributed by atoms with Crippen LogP contribution in [0.2, 0.25) is 0 Å². The molecule has 1 saturated heterocycles. The fourth-order valence-corrected chi connectivity index (χ4v) is 3.20. The minimum atomic E-state index is -4.43. The Morgan fingerprint density at radius 1 is 1.07 bits per heavy atom. The highest BCUT2D eigenvalue weighted by Crippen LogP contribution is 2.34. The molecule has 2 heterocycles. The van der Waals surface area contributed by atoms with Gasteiger partial charge >= 0.3 is 12.1 Å². The van der Waals surface area contributed by atoms with Crippen molar-refractivity contribution in [2.24, 2.45) is 0 Å². The minimum Gasteiger partial charge on any atom is -0.464 e. The van der Waals surface area contributed by atoms with Crippen LogP contribution in [0.5, 0.6) is 0 Å². The standard InChI is InChI=1S/C19H21F3N4O2/c1-28-18(27)15-16(23)25-17(26-10-4-2-3-5-11-26)14(24-15)12-6-8-13(9-7-12)19(20,21)22/h6-9H,2-5,10-11H2,1H3,(H2,23,25). The lowest BCUT2D eigenvalue weighted by molar-refractivity contribution is -0.137. The van der Waals surface area contributed by atoms with Gasteiger partial charge in [0.15, 0.2) is 17.3 Å². The Morgan fingerprint density at radius 3 is 2.21 bits per heavy atom. The van der Waals surface area contributed by atoms with Crippen molar-refractivity contribution in [1.29, 1.82) is 0 Å². The number of esters is 1.